The molecular weight excluding hydrogens is 533 g/mol. The van der Waals surface area contributed by atoms with Crippen LogP contribution in [0.1, 0.15) is 33.2 Å². The van der Waals surface area contributed by atoms with Crippen LogP contribution in [0.15, 0.2) is 63.0 Å². The summed E-state index contributed by atoms with van der Waals surface area (Å²) in [6.45, 7) is 1.15. The van der Waals surface area contributed by atoms with Gasteiger partial charge >= 0.3 is 17.8 Å². The number of sulfonamides is 1. The Bertz CT molecular complexity index is 1660. The van der Waals surface area contributed by atoms with E-state index in [0.29, 0.717) is 10.6 Å². The fraction of sp³-hybridized carbons (Fsp3) is 0.217. The molecule has 3 rings (SSSR count). The van der Waals surface area contributed by atoms with Gasteiger partial charge in [-0.1, -0.05) is 12.1 Å². The summed E-state index contributed by atoms with van der Waals surface area (Å²) in [6, 6.07) is 7.89. The molecule has 1 aromatic heterocycles. The Labute approximate surface area is 213 Å². The van der Waals surface area contributed by atoms with Gasteiger partial charge in [0.2, 0.25) is 5.78 Å². The molecule has 0 spiro atoms. The van der Waals surface area contributed by atoms with Crippen LogP contribution in [0.25, 0.3) is 0 Å². The minimum absolute atomic E-state index is 0.307. The van der Waals surface area contributed by atoms with Crippen molar-refractivity contribution in [1.82, 2.24) is 9.13 Å². The monoisotopic (exact) mass is 554 g/mol. The van der Waals surface area contributed by atoms with Gasteiger partial charge in [0.15, 0.2) is 6.10 Å². The van der Waals surface area contributed by atoms with Gasteiger partial charge in [0, 0.05) is 19.8 Å². The highest BCUT2D eigenvalue weighted by Crippen LogP contribution is 2.31. The molecule has 38 heavy (non-hydrogen) atoms. The van der Waals surface area contributed by atoms with Crippen molar-refractivity contribution in [2.24, 2.45) is 14.1 Å². The molecule has 0 aliphatic heterocycles. The second-order valence-electron chi connectivity index (χ2n) is 8.09. The Morgan fingerprint density at radius 2 is 1.66 bits per heavy atom. The number of nitrogens with two attached hydrogens (primary N) is 1. The number of nitrogens with one attached hydrogen (secondary N) is 1. The maximum absolute atomic E-state index is 12.9. The maximum atomic E-state index is 12.9. The lowest BCUT2D eigenvalue weighted by atomic mass is 10.1. The van der Waals surface area contributed by atoms with Gasteiger partial charge in [-0.15, -0.1) is 0 Å². The molecule has 3 N–H and O–H groups in total. The third-order valence-corrected chi connectivity index (χ3v) is 6.81. The maximum Gasteiger partial charge on any atom is 0.416 e. The van der Waals surface area contributed by atoms with Crippen LogP contribution in [0.3, 0.4) is 0 Å². The molecule has 0 radical (unpaired) electrons. The van der Waals surface area contributed by atoms with Gasteiger partial charge in [-0.25, -0.2) is 18.0 Å². The highest BCUT2D eigenvalue weighted by molar-refractivity contribution is 7.92. The molecule has 0 saturated carbocycles. The minimum atomic E-state index is -4.69. The van der Waals surface area contributed by atoms with Crippen LogP contribution in [0.4, 0.5) is 24.7 Å². The summed E-state index contributed by atoms with van der Waals surface area (Å²) >= 11 is 0. The minimum Gasteiger partial charge on any atom is -0.451 e. The van der Waals surface area contributed by atoms with E-state index in [1.165, 1.54) is 19.2 Å². The van der Waals surface area contributed by atoms with Gasteiger partial charge in [-0.05, 0) is 43.3 Å². The molecule has 11 nitrogen and oxygen atoms in total. The normalized spacial score (nSPS) is 12.6. The van der Waals surface area contributed by atoms with Gasteiger partial charge in [-0.2, -0.15) is 13.2 Å². The number of benzene rings is 2. The van der Waals surface area contributed by atoms with Crippen LogP contribution in [0.2, 0.25) is 0 Å². The third-order valence-electron chi connectivity index (χ3n) is 5.43. The van der Waals surface area contributed by atoms with Crippen molar-refractivity contribution in [3.05, 3.63) is 86.1 Å². The average Bonchev–Trinajstić information content (AvgIpc) is 2.85. The number of ether oxygens (including phenoxy) is 1. The highest BCUT2D eigenvalue weighted by atomic mass is 32.2. The number of hydrogen-bond acceptors (Lipinski definition) is 8. The predicted molar refractivity (Wildman–Crippen MR) is 129 cm³/mol. The molecule has 0 saturated heterocycles. The van der Waals surface area contributed by atoms with Crippen LogP contribution < -0.4 is 21.7 Å². The summed E-state index contributed by atoms with van der Waals surface area (Å²) in [5, 5.41) is 0. The zero-order chi connectivity index (χ0) is 28.6. The lowest BCUT2D eigenvalue weighted by Gasteiger charge is -2.16. The van der Waals surface area contributed by atoms with E-state index in [1.54, 1.807) is 0 Å². The number of nitrogens with zero attached hydrogens (tertiary/aromatic N) is 2. The number of halogens is 3. The van der Waals surface area contributed by atoms with Crippen LogP contribution in [0, 0.1) is 0 Å². The van der Waals surface area contributed by atoms with Gasteiger partial charge in [0.25, 0.3) is 15.6 Å². The van der Waals surface area contributed by atoms with Crippen LogP contribution >= 0.6 is 0 Å². The molecule has 2 aromatic carbocycles. The van der Waals surface area contributed by atoms with Gasteiger partial charge in [0.1, 0.15) is 11.4 Å². The van der Waals surface area contributed by atoms with E-state index in [2.05, 4.69) is 0 Å². The smallest absolute Gasteiger partial charge is 0.416 e. The summed E-state index contributed by atoms with van der Waals surface area (Å²) < 4.78 is 72.9. The second-order valence-corrected chi connectivity index (χ2v) is 9.77. The molecule has 1 heterocycles. The predicted octanol–water partition coefficient (Wildman–Crippen LogP) is 1.91. The lowest BCUT2D eigenvalue weighted by molar-refractivity contribution is -0.137. The number of hydrogen-bond donors (Lipinski definition) is 2. The van der Waals surface area contributed by atoms with E-state index in [9.17, 15) is 40.8 Å². The molecule has 202 valence electrons. The lowest BCUT2D eigenvalue weighted by Crippen LogP contribution is -2.43. The number of carbonyl (C=O) groups excluding carboxylic acids is 2. The first kappa shape index (κ1) is 28.2. The van der Waals surface area contributed by atoms with E-state index in [0.717, 1.165) is 48.9 Å². The molecule has 0 amide bonds. The Kier molecular flexibility index (Phi) is 7.53. The first-order chi connectivity index (χ1) is 17.5. The van der Waals surface area contributed by atoms with Gasteiger partial charge in [0.05, 0.1) is 16.0 Å². The quantitative estimate of drug-likeness (QED) is 0.331. The average molecular weight is 555 g/mol. The molecule has 0 fully saturated rings. The van der Waals surface area contributed by atoms with Crippen molar-refractivity contribution >= 4 is 33.3 Å². The number of anilines is 2. The summed E-state index contributed by atoms with van der Waals surface area (Å²) in [5.74, 6) is -2.57. The summed E-state index contributed by atoms with van der Waals surface area (Å²) in [7, 11) is -2.05. The third kappa shape index (κ3) is 5.61. The van der Waals surface area contributed by atoms with Crippen LogP contribution in [-0.4, -0.2) is 35.4 Å². The SMILES string of the molecule is C[C@H](OC(=O)c1cccc(S(=O)(=O)Nc2cccc(C(F)(F)F)c2)c1)C(=O)c1c(N)n(C)c(=O)n(C)c1=O. The standard InChI is InChI=1S/C23H21F3N4O7S/c1-12(18(31)17-19(27)29(2)22(34)30(3)20(17)32)37-21(33)13-6-4-9-16(10-13)38(35,36)28-15-8-5-7-14(11-15)23(24,25)26/h4-12,28H,27H2,1-3H3/t12-/m0/s1. The van der Waals surface area contributed by atoms with Crippen molar-refractivity contribution in [3.63, 3.8) is 0 Å². The number of esters is 1. The Hall–Kier alpha value is -4.40. The van der Waals surface area contributed by atoms with Gasteiger partial charge < -0.3 is 10.5 Å². The Morgan fingerprint density at radius 3 is 2.29 bits per heavy atom. The number of alkyl halides is 3. The van der Waals surface area contributed by atoms with Crippen LogP contribution in [0.5, 0.6) is 0 Å². The molecule has 0 bridgehead atoms. The van der Waals surface area contributed by atoms with E-state index in [4.69, 9.17) is 10.5 Å². The molecule has 0 aliphatic rings. The number of carbonyl (C=O) groups is 2. The first-order valence-corrected chi connectivity index (χ1v) is 12.1. The summed E-state index contributed by atoms with van der Waals surface area (Å²) in [5.41, 5.74) is 1.68. The Morgan fingerprint density at radius 1 is 1.03 bits per heavy atom. The molecular formula is C23H21F3N4O7S. The number of rotatable bonds is 7. The number of nitrogen functional groups attached to an aromatic ring is 1. The molecule has 0 aliphatic carbocycles. The van der Waals surface area contributed by atoms with Gasteiger partial charge in [-0.3, -0.25) is 23.4 Å². The van der Waals surface area contributed by atoms with Crippen molar-refractivity contribution in [3.8, 4) is 0 Å². The summed E-state index contributed by atoms with van der Waals surface area (Å²) in [6.07, 6.45) is -6.25. The van der Waals surface area contributed by atoms with Crippen molar-refractivity contribution in [2.45, 2.75) is 24.1 Å². The van der Waals surface area contributed by atoms with Crippen molar-refractivity contribution in [1.29, 1.82) is 0 Å². The number of aromatic nitrogens is 2. The van der Waals surface area contributed by atoms with E-state index >= 15 is 0 Å². The number of Topliss-reactive ketones (excluding diaryl/α,β-unsaturated/α-hetero) is 1. The highest BCUT2D eigenvalue weighted by Gasteiger charge is 2.31. The van der Waals surface area contributed by atoms with E-state index in [-0.39, 0.29) is 11.3 Å². The largest absolute Gasteiger partial charge is 0.451 e. The fourth-order valence-electron chi connectivity index (χ4n) is 3.34. The molecule has 1 atom stereocenters. The number of ketones is 1. The molecule has 3 aromatic rings. The first-order valence-electron chi connectivity index (χ1n) is 10.7. The van der Waals surface area contributed by atoms with Crippen molar-refractivity contribution in [2.75, 3.05) is 10.5 Å². The second kappa shape index (κ2) is 10.2. The van der Waals surface area contributed by atoms with E-state index in [1.807, 2.05) is 4.72 Å². The fourth-order valence-corrected chi connectivity index (χ4v) is 4.44. The van der Waals surface area contributed by atoms with Crippen LogP contribution in [-0.2, 0) is 35.0 Å². The van der Waals surface area contributed by atoms with Crippen molar-refractivity contribution < 1.29 is 35.9 Å². The topological polar surface area (TPSA) is 160 Å². The zero-order valence-electron chi connectivity index (χ0n) is 20.1. The Balaban J connectivity index is 1.84. The van der Waals surface area contributed by atoms with E-state index < -0.39 is 67.1 Å². The molecule has 15 heteroatoms. The molecule has 0 unspecified atom stereocenters. The zero-order valence-corrected chi connectivity index (χ0v) is 20.9. The summed E-state index contributed by atoms with van der Waals surface area (Å²) in [4.78, 5) is 49.4.